The Morgan fingerprint density at radius 3 is 2.69 bits per heavy atom. The second-order valence-electron chi connectivity index (χ2n) is 8.24. The van der Waals surface area contributed by atoms with Crippen molar-refractivity contribution >= 4 is 45.7 Å². The molecule has 0 fully saturated rings. The molecule has 1 aliphatic heterocycles. The number of carbonyl (C=O) groups is 2. The summed E-state index contributed by atoms with van der Waals surface area (Å²) in [6.45, 7) is 3.28. The number of amides is 2. The third-order valence-electron chi connectivity index (χ3n) is 5.85. The first-order valence-electron chi connectivity index (χ1n) is 10.9. The first-order valence-corrected chi connectivity index (χ1v) is 11.3. The Labute approximate surface area is 205 Å². The van der Waals surface area contributed by atoms with E-state index in [1.165, 1.54) is 4.90 Å². The van der Waals surface area contributed by atoms with Crippen LogP contribution in [0, 0.1) is 13.8 Å². The zero-order chi connectivity index (χ0) is 24.7. The van der Waals surface area contributed by atoms with Crippen LogP contribution in [0.3, 0.4) is 0 Å². The Morgan fingerprint density at radius 2 is 1.89 bits per heavy atom. The highest BCUT2D eigenvalue weighted by Crippen LogP contribution is 2.34. The van der Waals surface area contributed by atoms with E-state index >= 15 is 0 Å². The molecular formula is C26H21ClN4O4. The van der Waals surface area contributed by atoms with Crippen LogP contribution in [0.25, 0.3) is 16.6 Å². The fourth-order valence-corrected chi connectivity index (χ4v) is 4.32. The van der Waals surface area contributed by atoms with Gasteiger partial charge >= 0.3 is 0 Å². The zero-order valence-corrected chi connectivity index (χ0v) is 19.8. The summed E-state index contributed by atoms with van der Waals surface area (Å²) < 4.78 is 6.98. The summed E-state index contributed by atoms with van der Waals surface area (Å²) >= 11 is 6.07. The number of hydrogen-bond donors (Lipinski definition) is 1. The number of rotatable bonds is 4. The van der Waals surface area contributed by atoms with Gasteiger partial charge in [0, 0.05) is 10.7 Å². The lowest BCUT2D eigenvalue weighted by molar-refractivity contribution is -0.123. The summed E-state index contributed by atoms with van der Waals surface area (Å²) in [5.74, 6) is 0.351. The van der Waals surface area contributed by atoms with Crippen LogP contribution >= 0.6 is 11.6 Å². The van der Waals surface area contributed by atoms with Crippen LogP contribution in [0.1, 0.15) is 11.4 Å². The van der Waals surface area contributed by atoms with Gasteiger partial charge in [0.1, 0.15) is 18.1 Å². The number of anilines is 2. The maximum absolute atomic E-state index is 13.1. The second kappa shape index (κ2) is 8.88. The SMILES string of the molecule is Cc1cc(-n2c(C)nc3ccccc3c2=O)ccc1NC(=O)CN1C(=O)COc2ccc(Cl)cc21. The number of carbonyl (C=O) groups excluding carboxylic acids is 2. The molecule has 4 aromatic rings. The van der Waals surface area contributed by atoms with Crippen LogP contribution in [-0.4, -0.2) is 34.5 Å². The first-order chi connectivity index (χ1) is 16.8. The maximum Gasteiger partial charge on any atom is 0.265 e. The largest absolute Gasteiger partial charge is 0.482 e. The fourth-order valence-electron chi connectivity index (χ4n) is 4.16. The van der Waals surface area contributed by atoms with Gasteiger partial charge in [-0.2, -0.15) is 0 Å². The summed E-state index contributed by atoms with van der Waals surface area (Å²) in [6.07, 6.45) is 0. The van der Waals surface area contributed by atoms with Crippen molar-refractivity contribution in [2.45, 2.75) is 13.8 Å². The van der Waals surface area contributed by atoms with Crippen LogP contribution < -0.4 is 20.5 Å². The van der Waals surface area contributed by atoms with E-state index in [1.807, 2.05) is 25.1 Å². The van der Waals surface area contributed by atoms with E-state index in [0.717, 1.165) is 5.56 Å². The Hall–Kier alpha value is -4.17. The molecule has 0 aliphatic carbocycles. The van der Waals surface area contributed by atoms with Crippen molar-refractivity contribution in [2.75, 3.05) is 23.4 Å². The quantitative estimate of drug-likeness (QED) is 0.468. The molecule has 3 aromatic carbocycles. The lowest BCUT2D eigenvalue weighted by Crippen LogP contribution is -2.43. The standard InChI is InChI=1S/C26H21ClN4O4/c1-15-11-18(31-16(2)28-21-6-4-3-5-19(21)26(31)34)8-9-20(15)29-24(32)13-30-22-12-17(27)7-10-23(22)35-14-25(30)33/h3-12H,13-14H2,1-2H3,(H,29,32). The van der Waals surface area contributed by atoms with Crippen molar-refractivity contribution < 1.29 is 14.3 Å². The minimum absolute atomic E-state index is 0.149. The van der Waals surface area contributed by atoms with Gasteiger partial charge in [0.05, 0.1) is 22.3 Å². The lowest BCUT2D eigenvalue weighted by atomic mass is 10.1. The number of nitrogens with zero attached hydrogens (tertiary/aromatic N) is 3. The van der Waals surface area contributed by atoms with Gasteiger partial charge in [0.25, 0.3) is 11.5 Å². The summed E-state index contributed by atoms with van der Waals surface area (Å²) in [6, 6.07) is 17.4. The van der Waals surface area contributed by atoms with Gasteiger partial charge in [-0.05, 0) is 67.9 Å². The van der Waals surface area contributed by atoms with E-state index in [4.69, 9.17) is 16.3 Å². The monoisotopic (exact) mass is 488 g/mol. The van der Waals surface area contributed by atoms with Crippen molar-refractivity contribution in [1.82, 2.24) is 9.55 Å². The summed E-state index contributed by atoms with van der Waals surface area (Å²) in [5.41, 5.74) is 2.92. The van der Waals surface area contributed by atoms with Crippen LogP contribution in [0.15, 0.2) is 65.5 Å². The van der Waals surface area contributed by atoms with Crippen LogP contribution in [0.5, 0.6) is 5.75 Å². The Bertz CT molecular complexity index is 1560. The highest BCUT2D eigenvalue weighted by atomic mass is 35.5. The van der Waals surface area contributed by atoms with Crippen molar-refractivity contribution in [2.24, 2.45) is 0 Å². The molecule has 35 heavy (non-hydrogen) atoms. The topological polar surface area (TPSA) is 93.5 Å². The Morgan fingerprint density at radius 1 is 1.09 bits per heavy atom. The van der Waals surface area contributed by atoms with Crippen molar-refractivity contribution in [3.05, 3.63) is 87.4 Å². The molecule has 0 saturated carbocycles. The lowest BCUT2D eigenvalue weighted by Gasteiger charge is -2.29. The summed E-state index contributed by atoms with van der Waals surface area (Å²) in [5, 5.41) is 3.82. The molecule has 5 rings (SSSR count). The average Bonchev–Trinajstić information content (AvgIpc) is 2.83. The summed E-state index contributed by atoms with van der Waals surface area (Å²) in [4.78, 5) is 44.3. The number of ether oxygens (including phenoxy) is 1. The molecule has 176 valence electrons. The number of fused-ring (bicyclic) bond motifs is 2. The number of nitrogens with one attached hydrogen (secondary N) is 1. The number of para-hydroxylation sites is 1. The Balaban J connectivity index is 1.39. The molecule has 0 atom stereocenters. The third-order valence-corrected chi connectivity index (χ3v) is 6.09. The molecule has 8 nitrogen and oxygen atoms in total. The predicted molar refractivity (Wildman–Crippen MR) is 135 cm³/mol. The van der Waals surface area contributed by atoms with E-state index in [0.29, 0.717) is 44.6 Å². The van der Waals surface area contributed by atoms with Gasteiger partial charge in [-0.15, -0.1) is 0 Å². The second-order valence-corrected chi connectivity index (χ2v) is 8.68. The molecule has 0 spiro atoms. The number of benzene rings is 3. The highest BCUT2D eigenvalue weighted by molar-refractivity contribution is 6.31. The van der Waals surface area contributed by atoms with Crippen molar-refractivity contribution in [3.8, 4) is 11.4 Å². The molecule has 0 radical (unpaired) electrons. The molecule has 0 bridgehead atoms. The fraction of sp³-hybridized carbons (Fsp3) is 0.154. The Kier molecular flexibility index (Phi) is 5.74. The van der Waals surface area contributed by atoms with Crippen molar-refractivity contribution in [3.63, 3.8) is 0 Å². The molecule has 1 N–H and O–H groups in total. The van der Waals surface area contributed by atoms with Gasteiger partial charge < -0.3 is 10.1 Å². The molecule has 1 aliphatic rings. The van der Waals surface area contributed by atoms with E-state index in [9.17, 15) is 14.4 Å². The maximum atomic E-state index is 13.1. The van der Waals surface area contributed by atoms with Crippen molar-refractivity contribution in [1.29, 1.82) is 0 Å². The minimum Gasteiger partial charge on any atom is -0.482 e. The van der Waals surface area contributed by atoms with Crippen LogP contribution in [-0.2, 0) is 9.59 Å². The number of halogens is 1. The van der Waals surface area contributed by atoms with Gasteiger partial charge in [0.15, 0.2) is 6.61 Å². The number of aromatic nitrogens is 2. The zero-order valence-electron chi connectivity index (χ0n) is 19.0. The molecular weight excluding hydrogens is 468 g/mol. The number of hydrogen-bond acceptors (Lipinski definition) is 5. The number of aryl methyl sites for hydroxylation is 2. The minimum atomic E-state index is -0.372. The third kappa shape index (κ3) is 4.24. The average molecular weight is 489 g/mol. The van der Waals surface area contributed by atoms with Gasteiger partial charge in [-0.25, -0.2) is 4.98 Å². The molecule has 1 aromatic heterocycles. The van der Waals surface area contributed by atoms with E-state index < -0.39 is 0 Å². The molecule has 9 heteroatoms. The van der Waals surface area contributed by atoms with E-state index in [1.54, 1.807) is 54.0 Å². The predicted octanol–water partition coefficient (Wildman–Crippen LogP) is 4.02. The smallest absolute Gasteiger partial charge is 0.265 e. The molecule has 2 amide bonds. The normalized spacial score (nSPS) is 12.9. The van der Waals surface area contributed by atoms with E-state index in [2.05, 4.69) is 10.3 Å². The summed E-state index contributed by atoms with van der Waals surface area (Å²) in [7, 11) is 0. The molecule has 2 heterocycles. The van der Waals surface area contributed by atoms with Gasteiger partial charge in [-0.3, -0.25) is 23.9 Å². The van der Waals surface area contributed by atoms with Gasteiger partial charge in [-0.1, -0.05) is 23.7 Å². The van der Waals surface area contributed by atoms with Crippen LogP contribution in [0.2, 0.25) is 5.02 Å². The molecule has 0 unspecified atom stereocenters. The van der Waals surface area contributed by atoms with E-state index in [-0.39, 0.29) is 30.5 Å². The van der Waals surface area contributed by atoms with Crippen LogP contribution in [0.4, 0.5) is 11.4 Å². The molecule has 0 saturated heterocycles. The first kappa shape index (κ1) is 22.6. The van der Waals surface area contributed by atoms with Gasteiger partial charge in [0.2, 0.25) is 5.91 Å². The highest BCUT2D eigenvalue weighted by Gasteiger charge is 2.27.